The smallest absolute Gasteiger partial charge is 0.244 e. The molecule has 0 fully saturated rings. The lowest BCUT2D eigenvalue weighted by molar-refractivity contribution is -0.133. The maximum atomic E-state index is 13.7. The second kappa shape index (κ2) is 11.2. The number of carbonyl (C=O) groups is 1. The zero-order valence-corrected chi connectivity index (χ0v) is 21.8. The SMILES string of the molecule is CCCN(CC(=O)N(Cc1ccc(F)cc1)Cc1ccc(C)o1)S(=O)(=O)c1c(C)cc(C)cc1C. The van der Waals surface area contributed by atoms with E-state index in [0.29, 0.717) is 23.3 Å². The van der Waals surface area contributed by atoms with E-state index in [1.54, 1.807) is 36.9 Å². The summed E-state index contributed by atoms with van der Waals surface area (Å²) in [5, 5.41) is 0. The van der Waals surface area contributed by atoms with Gasteiger partial charge in [0.05, 0.1) is 18.0 Å². The predicted octanol–water partition coefficient (Wildman–Crippen LogP) is 5.28. The Balaban J connectivity index is 1.91. The molecule has 3 rings (SSSR count). The maximum Gasteiger partial charge on any atom is 0.244 e. The molecule has 1 heterocycles. The molecule has 0 radical (unpaired) electrons. The fourth-order valence-electron chi connectivity index (χ4n) is 4.29. The van der Waals surface area contributed by atoms with Crippen molar-refractivity contribution in [2.45, 2.75) is 59.0 Å². The highest BCUT2D eigenvalue weighted by Crippen LogP contribution is 2.26. The van der Waals surface area contributed by atoms with Crippen LogP contribution in [-0.4, -0.2) is 36.6 Å². The molecule has 0 saturated heterocycles. The van der Waals surface area contributed by atoms with Crippen LogP contribution in [0.15, 0.2) is 57.8 Å². The van der Waals surface area contributed by atoms with Crippen molar-refractivity contribution in [1.82, 2.24) is 9.21 Å². The summed E-state index contributed by atoms with van der Waals surface area (Å²) in [6.07, 6.45) is 0.561. The Morgan fingerprint density at radius 1 is 0.943 bits per heavy atom. The van der Waals surface area contributed by atoms with Gasteiger partial charge in [-0.2, -0.15) is 4.31 Å². The minimum absolute atomic E-state index is 0.173. The van der Waals surface area contributed by atoms with Crippen LogP contribution in [0.2, 0.25) is 0 Å². The molecule has 8 heteroatoms. The van der Waals surface area contributed by atoms with Crippen molar-refractivity contribution in [1.29, 1.82) is 0 Å². The van der Waals surface area contributed by atoms with E-state index in [-0.39, 0.29) is 42.8 Å². The van der Waals surface area contributed by atoms with Crippen molar-refractivity contribution in [2.75, 3.05) is 13.1 Å². The number of hydrogen-bond donors (Lipinski definition) is 0. The van der Waals surface area contributed by atoms with Gasteiger partial charge >= 0.3 is 0 Å². The molecule has 0 N–H and O–H groups in total. The molecule has 188 valence electrons. The second-order valence-corrected chi connectivity index (χ2v) is 10.8. The van der Waals surface area contributed by atoms with E-state index in [1.165, 1.54) is 16.4 Å². The lowest BCUT2D eigenvalue weighted by atomic mass is 10.1. The Labute approximate surface area is 207 Å². The molecular weight excluding hydrogens is 467 g/mol. The van der Waals surface area contributed by atoms with Crippen molar-refractivity contribution in [3.63, 3.8) is 0 Å². The lowest BCUT2D eigenvalue weighted by Gasteiger charge is -2.28. The van der Waals surface area contributed by atoms with Crippen LogP contribution in [0.25, 0.3) is 0 Å². The molecule has 0 bridgehead atoms. The van der Waals surface area contributed by atoms with Crippen LogP contribution >= 0.6 is 0 Å². The van der Waals surface area contributed by atoms with Crippen LogP contribution in [0.1, 0.15) is 47.1 Å². The summed E-state index contributed by atoms with van der Waals surface area (Å²) in [5.41, 5.74) is 3.03. The lowest BCUT2D eigenvalue weighted by Crippen LogP contribution is -2.43. The fraction of sp³-hybridized carbons (Fsp3) is 0.370. The number of amides is 1. The molecular formula is C27H33FN2O4S. The van der Waals surface area contributed by atoms with E-state index in [1.807, 2.05) is 39.0 Å². The van der Waals surface area contributed by atoms with Crippen LogP contribution in [0.3, 0.4) is 0 Å². The van der Waals surface area contributed by atoms with E-state index in [9.17, 15) is 17.6 Å². The number of nitrogens with zero attached hydrogens (tertiary/aromatic N) is 2. The van der Waals surface area contributed by atoms with E-state index < -0.39 is 10.0 Å². The monoisotopic (exact) mass is 500 g/mol. The quantitative estimate of drug-likeness (QED) is 0.380. The highest BCUT2D eigenvalue weighted by atomic mass is 32.2. The van der Waals surface area contributed by atoms with E-state index >= 15 is 0 Å². The molecule has 0 saturated carbocycles. The van der Waals surface area contributed by atoms with Crippen molar-refractivity contribution < 1.29 is 22.0 Å². The van der Waals surface area contributed by atoms with Gasteiger partial charge < -0.3 is 9.32 Å². The van der Waals surface area contributed by atoms with Gasteiger partial charge in [-0.3, -0.25) is 4.79 Å². The van der Waals surface area contributed by atoms with E-state index in [0.717, 1.165) is 16.9 Å². The van der Waals surface area contributed by atoms with Crippen LogP contribution < -0.4 is 0 Å². The van der Waals surface area contributed by atoms with Crippen molar-refractivity contribution in [3.05, 3.63) is 88.1 Å². The van der Waals surface area contributed by atoms with Crippen molar-refractivity contribution >= 4 is 15.9 Å². The Morgan fingerprint density at radius 2 is 1.57 bits per heavy atom. The van der Waals surface area contributed by atoms with Gasteiger partial charge in [-0.05, 0) is 75.1 Å². The standard InChI is InChI=1S/C27H33FN2O4S/c1-6-13-30(35(32,33)27-20(3)14-19(2)15-21(27)4)18-26(31)29(17-25-12-7-22(5)34-25)16-23-8-10-24(28)11-9-23/h7-12,14-15H,6,13,16-18H2,1-5H3. The molecule has 1 amide bonds. The minimum atomic E-state index is -3.90. The third-order valence-electron chi connectivity index (χ3n) is 5.77. The third-order valence-corrected chi connectivity index (χ3v) is 7.92. The molecule has 0 aliphatic heterocycles. The fourth-order valence-corrected chi connectivity index (χ4v) is 6.18. The number of carbonyl (C=O) groups excluding carboxylic acids is 1. The average molecular weight is 501 g/mol. The molecule has 0 aliphatic carbocycles. The normalized spacial score (nSPS) is 11.7. The molecule has 0 unspecified atom stereocenters. The van der Waals surface area contributed by atoms with Gasteiger partial charge in [0, 0.05) is 13.1 Å². The Kier molecular flexibility index (Phi) is 8.51. The topological polar surface area (TPSA) is 70.8 Å². The largest absolute Gasteiger partial charge is 0.464 e. The number of hydrogen-bond acceptors (Lipinski definition) is 4. The number of benzene rings is 2. The van der Waals surface area contributed by atoms with Crippen LogP contribution in [0, 0.1) is 33.5 Å². The van der Waals surface area contributed by atoms with Gasteiger partial charge in [0.1, 0.15) is 17.3 Å². The molecule has 0 spiro atoms. The Bertz CT molecular complexity index is 1260. The zero-order valence-electron chi connectivity index (χ0n) is 21.0. The van der Waals surface area contributed by atoms with Crippen molar-refractivity contribution in [2.24, 2.45) is 0 Å². The zero-order chi connectivity index (χ0) is 25.8. The van der Waals surface area contributed by atoms with E-state index in [4.69, 9.17) is 4.42 Å². The summed E-state index contributed by atoms with van der Waals surface area (Å²) < 4.78 is 47.7. The van der Waals surface area contributed by atoms with Crippen molar-refractivity contribution in [3.8, 4) is 0 Å². The van der Waals surface area contributed by atoms with Crippen LogP contribution in [0.5, 0.6) is 0 Å². The van der Waals surface area contributed by atoms with Crippen LogP contribution in [-0.2, 0) is 27.9 Å². The Morgan fingerprint density at radius 3 is 2.11 bits per heavy atom. The molecule has 1 aromatic heterocycles. The molecule has 0 atom stereocenters. The molecule has 3 aromatic rings. The summed E-state index contributed by atoms with van der Waals surface area (Å²) in [4.78, 5) is 15.3. The highest BCUT2D eigenvalue weighted by molar-refractivity contribution is 7.89. The first kappa shape index (κ1) is 26.6. The second-order valence-electron chi connectivity index (χ2n) is 8.96. The highest BCUT2D eigenvalue weighted by Gasteiger charge is 2.31. The first-order valence-electron chi connectivity index (χ1n) is 11.7. The van der Waals surface area contributed by atoms with Gasteiger partial charge in [-0.1, -0.05) is 36.8 Å². The Hall–Kier alpha value is -2.97. The average Bonchev–Trinajstić information content (AvgIpc) is 3.18. The summed E-state index contributed by atoms with van der Waals surface area (Å²) in [7, 11) is -3.90. The van der Waals surface area contributed by atoms with Gasteiger partial charge in [-0.25, -0.2) is 12.8 Å². The van der Waals surface area contributed by atoms with Crippen LogP contribution in [0.4, 0.5) is 4.39 Å². The molecule has 0 aliphatic rings. The predicted molar refractivity (Wildman–Crippen MR) is 134 cm³/mol. The van der Waals surface area contributed by atoms with Gasteiger partial charge in [0.15, 0.2) is 0 Å². The summed E-state index contributed by atoms with van der Waals surface area (Å²) in [5.74, 6) is 0.586. The van der Waals surface area contributed by atoms with E-state index in [2.05, 4.69) is 0 Å². The maximum absolute atomic E-state index is 13.7. The number of rotatable bonds is 10. The summed E-state index contributed by atoms with van der Waals surface area (Å²) in [6.45, 7) is 9.45. The number of halogens is 1. The molecule has 6 nitrogen and oxygen atoms in total. The number of sulfonamides is 1. The first-order chi connectivity index (χ1) is 16.5. The van der Waals surface area contributed by atoms with Gasteiger partial charge in [0.25, 0.3) is 0 Å². The van der Waals surface area contributed by atoms with Gasteiger partial charge in [0.2, 0.25) is 15.9 Å². The third kappa shape index (κ3) is 6.58. The molecule has 35 heavy (non-hydrogen) atoms. The summed E-state index contributed by atoms with van der Waals surface area (Å²) in [6, 6.07) is 13.2. The number of aryl methyl sites for hydroxylation is 4. The number of furan rings is 1. The summed E-state index contributed by atoms with van der Waals surface area (Å²) >= 11 is 0. The van der Waals surface area contributed by atoms with Gasteiger partial charge in [-0.15, -0.1) is 0 Å². The minimum Gasteiger partial charge on any atom is -0.464 e. The first-order valence-corrected chi connectivity index (χ1v) is 13.1. The molecule has 2 aromatic carbocycles.